The first-order valence-corrected chi connectivity index (χ1v) is 8.70. The molecule has 2 aromatic carbocycles. The van der Waals surface area contributed by atoms with Crippen LogP contribution in [-0.4, -0.2) is 49.3 Å². The molecule has 0 bridgehead atoms. The zero-order chi connectivity index (χ0) is 22.5. The number of aromatic nitrogens is 2. The summed E-state index contributed by atoms with van der Waals surface area (Å²) in [6.45, 7) is 0.205. The summed E-state index contributed by atoms with van der Waals surface area (Å²) in [4.78, 5) is 22.4. The molecule has 1 amide bonds. The number of hydrazone groups is 1. The zero-order valence-corrected chi connectivity index (χ0v) is 16.1. The van der Waals surface area contributed by atoms with E-state index in [0.29, 0.717) is 16.9 Å². The second-order valence-electron chi connectivity index (χ2n) is 6.29. The molecule has 0 aliphatic rings. The summed E-state index contributed by atoms with van der Waals surface area (Å²) in [6, 6.07) is 7.03. The Labute approximate surface area is 174 Å². The molecule has 160 valence electrons. The molecule has 0 fully saturated rings. The number of carbonyl (C=O) groups is 1. The van der Waals surface area contributed by atoms with Gasteiger partial charge in [0.25, 0.3) is 5.91 Å². The average molecular weight is 427 g/mol. The van der Waals surface area contributed by atoms with Crippen LogP contribution in [0.2, 0.25) is 0 Å². The molecule has 0 radical (unpaired) electrons. The number of aromatic hydroxyl groups is 3. The first-order chi connectivity index (χ1) is 14.8. The fourth-order valence-electron chi connectivity index (χ4n) is 2.68. The predicted molar refractivity (Wildman–Crippen MR) is 107 cm³/mol. The van der Waals surface area contributed by atoms with Gasteiger partial charge in [-0.25, -0.2) is 5.43 Å². The van der Waals surface area contributed by atoms with Gasteiger partial charge in [0.15, 0.2) is 17.2 Å². The minimum Gasteiger partial charge on any atom is -0.504 e. The second-order valence-corrected chi connectivity index (χ2v) is 6.29. The molecule has 0 saturated carbocycles. The Bertz CT molecular complexity index is 1150. The summed E-state index contributed by atoms with van der Waals surface area (Å²) in [5, 5.41) is 46.9. The van der Waals surface area contributed by atoms with Crippen LogP contribution < -0.4 is 10.2 Å². The van der Waals surface area contributed by atoms with Crippen LogP contribution in [0, 0.1) is 10.1 Å². The van der Waals surface area contributed by atoms with Crippen molar-refractivity contribution in [1.82, 2.24) is 15.2 Å². The van der Waals surface area contributed by atoms with Gasteiger partial charge in [0.2, 0.25) is 0 Å². The highest BCUT2D eigenvalue weighted by Crippen LogP contribution is 2.35. The summed E-state index contributed by atoms with van der Waals surface area (Å²) in [7, 11) is 1.49. The Morgan fingerprint density at radius 1 is 1.29 bits per heavy atom. The SMILES string of the molecule is COc1ccc(/C=N/NC(=O)c2cc(O)c(O)c(O)c2)cc1Cn1cc([N+](=O)[O-])cn1. The number of ether oxygens (including phenoxy) is 1. The second kappa shape index (κ2) is 8.82. The fraction of sp³-hybridized carbons (Fsp3) is 0.105. The number of phenolic OH excluding ortho intramolecular Hbond substituents is 3. The Morgan fingerprint density at radius 2 is 2.00 bits per heavy atom. The number of carbonyl (C=O) groups excluding carboxylic acids is 1. The van der Waals surface area contributed by atoms with Crippen LogP contribution in [0.1, 0.15) is 21.5 Å². The van der Waals surface area contributed by atoms with Crippen molar-refractivity contribution >= 4 is 17.8 Å². The van der Waals surface area contributed by atoms with Crippen LogP contribution in [-0.2, 0) is 6.54 Å². The molecule has 0 atom stereocenters. The number of nitrogens with zero attached hydrogens (tertiary/aromatic N) is 4. The minimum atomic E-state index is -0.728. The van der Waals surface area contributed by atoms with Gasteiger partial charge in [0, 0.05) is 11.1 Å². The van der Waals surface area contributed by atoms with Crippen molar-refractivity contribution in [2.24, 2.45) is 5.10 Å². The number of amides is 1. The lowest BCUT2D eigenvalue weighted by Crippen LogP contribution is -2.17. The van der Waals surface area contributed by atoms with E-state index < -0.39 is 28.1 Å². The quantitative estimate of drug-likeness (QED) is 0.191. The largest absolute Gasteiger partial charge is 0.504 e. The van der Waals surface area contributed by atoms with Crippen LogP contribution in [0.5, 0.6) is 23.0 Å². The van der Waals surface area contributed by atoms with E-state index in [1.165, 1.54) is 24.2 Å². The number of benzene rings is 2. The molecule has 12 heteroatoms. The number of rotatable bonds is 7. The molecule has 0 saturated heterocycles. The third kappa shape index (κ3) is 4.87. The lowest BCUT2D eigenvalue weighted by Gasteiger charge is -2.09. The molecule has 1 heterocycles. The first-order valence-electron chi connectivity index (χ1n) is 8.70. The molecule has 31 heavy (non-hydrogen) atoms. The van der Waals surface area contributed by atoms with Crippen molar-refractivity contribution in [3.05, 3.63) is 69.5 Å². The number of nitro groups is 1. The van der Waals surface area contributed by atoms with Crippen LogP contribution in [0.25, 0.3) is 0 Å². The Kier molecular flexibility index (Phi) is 6.00. The van der Waals surface area contributed by atoms with E-state index in [9.17, 15) is 30.2 Å². The van der Waals surface area contributed by atoms with E-state index in [1.807, 2.05) is 0 Å². The topological polar surface area (TPSA) is 172 Å². The van der Waals surface area contributed by atoms with Gasteiger partial charge in [0.05, 0.1) is 24.8 Å². The van der Waals surface area contributed by atoms with Gasteiger partial charge in [-0.05, 0) is 35.9 Å². The highest BCUT2D eigenvalue weighted by atomic mass is 16.6. The summed E-state index contributed by atoms with van der Waals surface area (Å²) >= 11 is 0. The molecular weight excluding hydrogens is 410 g/mol. The molecule has 0 unspecified atom stereocenters. The third-order valence-corrected chi connectivity index (χ3v) is 4.18. The van der Waals surface area contributed by atoms with Crippen molar-refractivity contribution in [2.75, 3.05) is 7.11 Å². The molecule has 3 aromatic rings. The van der Waals surface area contributed by atoms with Crippen LogP contribution in [0.4, 0.5) is 5.69 Å². The third-order valence-electron chi connectivity index (χ3n) is 4.18. The van der Waals surface area contributed by atoms with Crippen molar-refractivity contribution < 1.29 is 29.8 Å². The van der Waals surface area contributed by atoms with Crippen molar-refractivity contribution in [2.45, 2.75) is 6.54 Å². The Hall–Kier alpha value is -4.61. The van der Waals surface area contributed by atoms with E-state index >= 15 is 0 Å². The normalized spacial score (nSPS) is 10.9. The van der Waals surface area contributed by atoms with Crippen molar-refractivity contribution in [1.29, 1.82) is 0 Å². The summed E-state index contributed by atoms with van der Waals surface area (Å²) in [5.74, 6) is -2.21. The summed E-state index contributed by atoms with van der Waals surface area (Å²) in [5.41, 5.74) is 3.26. The minimum absolute atomic E-state index is 0.111. The summed E-state index contributed by atoms with van der Waals surface area (Å²) < 4.78 is 6.69. The molecule has 0 spiro atoms. The van der Waals surface area contributed by atoms with E-state index in [2.05, 4.69) is 15.6 Å². The number of hydrogen-bond donors (Lipinski definition) is 4. The number of phenols is 3. The van der Waals surface area contributed by atoms with Crippen LogP contribution in [0.15, 0.2) is 47.8 Å². The van der Waals surface area contributed by atoms with Crippen molar-refractivity contribution in [3.8, 4) is 23.0 Å². The fourth-order valence-corrected chi connectivity index (χ4v) is 2.68. The molecule has 3 rings (SSSR count). The Morgan fingerprint density at radius 3 is 2.61 bits per heavy atom. The lowest BCUT2D eigenvalue weighted by atomic mass is 10.1. The van der Waals surface area contributed by atoms with Gasteiger partial charge in [0.1, 0.15) is 18.1 Å². The maximum absolute atomic E-state index is 12.1. The lowest BCUT2D eigenvalue weighted by molar-refractivity contribution is -0.385. The standard InChI is InChI=1S/C19H17N5O7/c1-31-17-3-2-11(4-13(17)9-23-10-14(8-21-23)24(29)30)7-20-22-19(28)12-5-15(25)18(27)16(26)6-12/h2-8,10,25-27H,9H2,1H3,(H,22,28)/b20-7+. The maximum Gasteiger partial charge on any atom is 0.307 e. The van der Waals surface area contributed by atoms with Gasteiger partial charge >= 0.3 is 5.69 Å². The van der Waals surface area contributed by atoms with Gasteiger partial charge in [-0.1, -0.05) is 0 Å². The number of nitrogens with one attached hydrogen (secondary N) is 1. The van der Waals surface area contributed by atoms with E-state index in [4.69, 9.17) is 4.74 Å². The molecule has 12 nitrogen and oxygen atoms in total. The first kappa shape index (κ1) is 21.1. The molecule has 0 aliphatic heterocycles. The molecule has 4 N–H and O–H groups in total. The monoisotopic (exact) mass is 427 g/mol. The number of hydrogen-bond acceptors (Lipinski definition) is 9. The molecule has 1 aromatic heterocycles. The molecular formula is C19H17N5O7. The smallest absolute Gasteiger partial charge is 0.307 e. The van der Waals surface area contributed by atoms with E-state index in [0.717, 1.165) is 18.3 Å². The van der Waals surface area contributed by atoms with E-state index in [-0.39, 0.29) is 17.8 Å². The molecule has 0 aliphatic carbocycles. The highest BCUT2D eigenvalue weighted by molar-refractivity contribution is 5.96. The van der Waals surface area contributed by atoms with Crippen LogP contribution in [0.3, 0.4) is 0 Å². The van der Waals surface area contributed by atoms with Gasteiger partial charge < -0.3 is 20.1 Å². The van der Waals surface area contributed by atoms with Gasteiger partial charge in [-0.15, -0.1) is 0 Å². The highest BCUT2D eigenvalue weighted by Gasteiger charge is 2.13. The predicted octanol–water partition coefficient (Wildman–Crippen LogP) is 1.73. The average Bonchev–Trinajstić information content (AvgIpc) is 3.20. The Balaban J connectivity index is 1.74. The summed E-state index contributed by atoms with van der Waals surface area (Å²) in [6.07, 6.45) is 3.79. The van der Waals surface area contributed by atoms with Crippen LogP contribution >= 0.6 is 0 Å². The van der Waals surface area contributed by atoms with Gasteiger partial charge in [-0.2, -0.15) is 10.2 Å². The van der Waals surface area contributed by atoms with Crippen molar-refractivity contribution in [3.63, 3.8) is 0 Å². The number of methoxy groups -OCH3 is 1. The van der Waals surface area contributed by atoms with E-state index in [1.54, 1.807) is 18.2 Å². The maximum atomic E-state index is 12.1. The van der Waals surface area contributed by atoms with Gasteiger partial charge in [-0.3, -0.25) is 19.6 Å². The zero-order valence-electron chi connectivity index (χ0n) is 16.1.